The zero-order valence-electron chi connectivity index (χ0n) is 14.8. The molecule has 1 aliphatic rings. The third kappa shape index (κ3) is 4.40. The molecule has 1 aliphatic heterocycles. The number of rotatable bonds is 5. The standard InChI is InChI=1S/C19H19BrN4O2S/c1-13-12-27-19(22-13)23-18-16(3-2-6-21-18)26-17-11-14(4-5-15(17)20)24-7-9-25-10-8-24/h2-6,11-12H,7-10H2,1H3,(H,21,22,23). The van der Waals surface area contributed by atoms with Crippen LogP contribution in [0.1, 0.15) is 5.69 Å². The van der Waals surface area contributed by atoms with Gasteiger partial charge in [0, 0.05) is 36.4 Å². The van der Waals surface area contributed by atoms with Crippen molar-refractivity contribution in [2.75, 3.05) is 36.5 Å². The molecule has 0 amide bonds. The fraction of sp³-hybridized carbons (Fsp3) is 0.263. The van der Waals surface area contributed by atoms with E-state index in [0.29, 0.717) is 11.6 Å². The smallest absolute Gasteiger partial charge is 0.188 e. The maximum absolute atomic E-state index is 6.20. The second-order valence-corrected chi connectivity index (χ2v) is 7.80. The fourth-order valence-corrected chi connectivity index (χ4v) is 3.80. The third-order valence-corrected chi connectivity index (χ3v) is 5.66. The number of thiazole rings is 1. The number of anilines is 3. The van der Waals surface area contributed by atoms with Gasteiger partial charge in [-0.1, -0.05) is 0 Å². The Morgan fingerprint density at radius 1 is 1.22 bits per heavy atom. The van der Waals surface area contributed by atoms with E-state index in [4.69, 9.17) is 9.47 Å². The van der Waals surface area contributed by atoms with E-state index in [1.807, 2.05) is 36.6 Å². The third-order valence-electron chi connectivity index (χ3n) is 4.13. The summed E-state index contributed by atoms with van der Waals surface area (Å²) in [6.07, 6.45) is 1.73. The average molecular weight is 447 g/mol. The van der Waals surface area contributed by atoms with Gasteiger partial charge in [-0.2, -0.15) is 0 Å². The van der Waals surface area contributed by atoms with Crippen LogP contribution in [0.4, 0.5) is 16.6 Å². The van der Waals surface area contributed by atoms with Crippen LogP contribution in [0, 0.1) is 6.92 Å². The minimum absolute atomic E-state index is 0.635. The lowest BCUT2D eigenvalue weighted by Gasteiger charge is -2.29. The SMILES string of the molecule is Cc1csc(Nc2ncccc2Oc2cc(N3CCOCC3)ccc2Br)n1. The maximum atomic E-state index is 6.20. The molecular formula is C19H19BrN4O2S. The lowest BCUT2D eigenvalue weighted by molar-refractivity contribution is 0.122. The zero-order valence-corrected chi connectivity index (χ0v) is 17.2. The number of halogens is 1. The van der Waals surface area contributed by atoms with Gasteiger partial charge < -0.3 is 19.7 Å². The summed E-state index contributed by atoms with van der Waals surface area (Å²) in [6.45, 7) is 5.21. The van der Waals surface area contributed by atoms with Crippen molar-refractivity contribution in [2.45, 2.75) is 6.92 Å². The molecule has 2 aromatic heterocycles. The van der Waals surface area contributed by atoms with E-state index >= 15 is 0 Å². The van der Waals surface area contributed by atoms with Crippen LogP contribution in [-0.2, 0) is 4.74 Å². The molecule has 0 atom stereocenters. The molecule has 3 heterocycles. The Balaban J connectivity index is 1.58. The average Bonchev–Trinajstić information content (AvgIpc) is 3.10. The maximum Gasteiger partial charge on any atom is 0.188 e. The van der Waals surface area contributed by atoms with Crippen molar-refractivity contribution in [3.63, 3.8) is 0 Å². The van der Waals surface area contributed by atoms with Crippen molar-refractivity contribution in [1.29, 1.82) is 0 Å². The molecule has 1 N–H and O–H groups in total. The molecule has 1 aromatic carbocycles. The van der Waals surface area contributed by atoms with Crippen molar-refractivity contribution in [3.8, 4) is 11.5 Å². The molecule has 0 spiro atoms. The van der Waals surface area contributed by atoms with Gasteiger partial charge in [0.1, 0.15) is 5.75 Å². The van der Waals surface area contributed by atoms with E-state index in [1.54, 1.807) is 6.20 Å². The Morgan fingerprint density at radius 3 is 2.85 bits per heavy atom. The van der Waals surface area contributed by atoms with Gasteiger partial charge in [-0.25, -0.2) is 9.97 Å². The Labute approximate surface area is 170 Å². The molecule has 1 saturated heterocycles. The second-order valence-electron chi connectivity index (χ2n) is 6.09. The van der Waals surface area contributed by atoms with Crippen molar-refractivity contribution in [3.05, 3.63) is 52.1 Å². The van der Waals surface area contributed by atoms with Gasteiger partial charge >= 0.3 is 0 Å². The molecule has 3 aromatic rings. The van der Waals surface area contributed by atoms with Crippen LogP contribution in [0.3, 0.4) is 0 Å². The van der Waals surface area contributed by atoms with Crippen LogP contribution in [0.15, 0.2) is 46.4 Å². The zero-order chi connectivity index (χ0) is 18.6. The molecule has 8 heteroatoms. The second kappa shape index (κ2) is 8.24. The van der Waals surface area contributed by atoms with E-state index in [0.717, 1.165) is 53.0 Å². The van der Waals surface area contributed by atoms with Gasteiger partial charge in [0.15, 0.2) is 16.7 Å². The summed E-state index contributed by atoms with van der Waals surface area (Å²) in [5.74, 6) is 2.02. The fourth-order valence-electron chi connectivity index (χ4n) is 2.79. The lowest BCUT2D eigenvalue weighted by atomic mass is 10.2. The van der Waals surface area contributed by atoms with Crippen LogP contribution >= 0.6 is 27.3 Å². The molecule has 140 valence electrons. The Hall–Kier alpha value is -2.16. The first kappa shape index (κ1) is 18.2. The number of aryl methyl sites for hydroxylation is 1. The van der Waals surface area contributed by atoms with Crippen LogP contribution in [0.2, 0.25) is 0 Å². The van der Waals surface area contributed by atoms with Gasteiger partial charge in [0.25, 0.3) is 0 Å². The van der Waals surface area contributed by atoms with Gasteiger partial charge in [-0.3, -0.25) is 0 Å². The molecule has 0 saturated carbocycles. The van der Waals surface area contributed by atoms with Gasteiger partial charge in [0.05, 0.1) is 23.4 Å². The van der Waals surface area contributed by atoms with Crippen LogP contribution in [-0.4, -0.2) is 36.3 Å². The molecule has 0 radical (unpaired) electrons. The molecule has 0 aliphatic carbocycles. The van der Waals surface area contributed by atoms with Gasteiger partial charge in [0.2, 0.25) is 0 Å². The number of hydrogen-bond acceptors (Lipinski definition) is 7. The van der Waals surface area contributed by atoms with Crippen LogP contribution in [0.25, 0.3) is 0 Å². The topological polar surface area (TPSA) is 59.5 Å². The van der Waals surface area contributed by atoms with Gasteiger partial charge in [-0.15, -0.1) is 11.3 Å². The molecule has 0 bridgehead atoms. The van der Waals surface area contributed by atoms with E-state index in [-0.39, 0.29) is 0 Å². The summed E-state index contributed by atoms with van der Waals surface area (Å²) in [6, 6.07) is 9.88. The number of aromatic nitrogens is 2. The minimum atomic E-state index is 0.635. The highest BCUT2D eigenvalue weighted by molar-refractivity contribution is 9.10. The first-order valence-corrected chi connectivity index (χ1v) is 10.3. The number of nitrogens with zero attached hydrogens (tertiary/aromatic N) is 3. The molecule has 1 fully saturated rings. The number of morpholine rings is 1. The minimum Gasteiger partial charge on any atom is -0.452 e. The van der Waals surface area contributed by atoms with E-state index < -0.39 is 0 Å². The van der Waals surface area contributed by atoms with Gasteiger partial charge in [-0.05, 0) is 47.1 Å². The normalized spacial score (nSPS) is 14.2. The Bertz CT molecular complexity index is 928. The molecule has 0 unspecified atom stereocenters. The highest BCUT2D eigenvalue weighted by Crippen LogP contribution is 2.36. The predicted octanol–water partition coefficient (Wildman–Crippen LogP) is 4.98. The number of pyridine rings is 1. The largest absolute Gasteiger partial charge is 0.452 e. The predicted molar refractivity (Wildman–Crippen MR) is 112 cm³/mol. The summed E-state index contributed by atoms with van der Waals surface area (Å²) < 4.78 is 12.5. The van der Waals surface area contributed by atoms with Crippen molar-refractivity contribution < 1.29 is 9.47 Å². The summed E-state index contributed by atoms with van der Waals surface area (Å²) in [5.41, 5.74) is 2.09. The monoisotopic (exact) mass is 446 g/mol. The lowest BCUT2D eigenvalue weighted by Crippen LogP contribution is -2.36. The summed E-state index contributed by atoms with van der Waals surface area (Å²) in [7, 11) is 0. The van der Waals surface area contributed by atoms with Crippen molar-refractivity contribution in [1.82, 2.24) is 9.97 Å². The quantitative estimate of drug-likeness (QED) is 0.595. The van der Waals surface area contributed by atoms with E-state index in [1.165, 1.54) is 11.3 Å². The van der Waals surface area contributed by atoms with E-state index in [2.05, 4.69) is 42.2 Å². The Kier molecular flexibility index (Phi) is 5.56. The number of benzene rings is 1. The molecule has 27 heavy (non-hydrogen) atoms. The van der Waals surface area contributed by atoms with E-state index in [9.17, 15) is 0 Å². The molecular weight excluding hydrogens is 428 g/mol. The molecule has 6 nitrogen and oxygen atoms in total. The Morgan fingerprint density at radius 2 is 2.07 bits per heavy atom. The summed E-state index contributed by atoms with van der Waals surface area (Å²) in [5, 5.41) is 6.02. The van der Waals surface area contributed by atoms with Crippen molar-refractivity contribution >= 4 is 43.9 Å². The molecule has 4 rings (SSSR count). The van der Waals surface area contributed by atoms with Crippen LogP contribution in [0.5, 0.6) is 11.5 Å². The summed E-state index contributed by atoms with van der Waals surface area (Å²) in [4.78, 5) is 11.1. The number of nitrogens with one attached hydrogen (secondary N) is 1. The number of ether oxygens (including phenoxy) is 2. The van der Waals surface area contributed by atoms with Crippen molar-refractivity contribution in [2.24, 2.45) is 0 Å². The highest BCUT2D eigenvalue weighted by atomic mass is 79.9. The summed E-state index contributed by atoms with van der Waals surface area (Å²) >= 11 is 5.13. The highest BCUT2D eigenvalue weighted by Gasteiger charge is 2.15. The first-order valence-electron chi connectivity index (χ1n) is 8.63. The van der Waals surface area contributed by atoms with Crippen LogP contribution < -0.4 is 15.0 Å². The first-order chi connectivity index (χ1) is 13.2. The number of hydrogen-bond donors (Lipinski definition) is 1.